The van der Waals surface area contributed by atoms with E-state index in [-0.39, 0.29) is 6.10 Å². The molecule has 1 aliphatic rings. The molecule has 0 aromatic carbocycles. The lowest BCUT2D eigenvalue weighted by Crippen LogP contribution is -2.13. The fourth-order valence-corrected chi connectivity index (χ4v) is 3.24. The van der Waals surface area contributed by atoms with Crippen LogP contribution in [0.15, 0.2) is 0 Å². The molecular weight excluding hydrogens is 224 g/mol. The SMILES string of the molecule is Cc1nn(C)c(C)c1CCC(O)CC1CCCC1. The molecule has 0 saturated heterocycles. The zero-order chi connectivity index (χ0) is 13.1. The van der Waals surface area contributed by atoms with Crippen molar-refractivity contribution < 1.29 is 5.11 Å². The van der Waals surface area contributed by atoms with E-state index in [0.29, 0.717) is 0 Å². The number of hydrogen-bond donors (Lipinski definition) is 1. The summed E-state index contributed by atoms with van der Waals surface area (Å²) >= 11 is 0. The highest BCUT2D eigenvalue weighted by atomic mass is 16.3. The average molecular weight is 250 g/mol. The molecule has 1 aromatic heterocycles. The summed E-state index contributed by atoms with van der Waals surface area (Å²) in [6.45, 7) is 4.17. The lowest BCUT2D eigenvalue weighted by molar-refractivity contribution is 0.134. The lowest BCUT2D eigenvalue weighted by atomic mass is 9.96. The van der Waals surface area contributed by atoms with Crippen LogP contribution in [0.5, 0.6) is 0 Å². The van der Waals surface area contributed by atoms with E-state index in [4.69, 9.17) is 0 Å². The van der Waals surface area contributed by atoms with Gasteiger partial charge in [0.2, 0.25) is 0 Å². The number of hydrogen-bond acceptors (Lipinski definition) is 2. The summed E-state index contributed by atoms with van der Waals surface area (Å²) in [4.78, 5) is 0. The van der Waals surface area contributed by atoms with Crippen LogP contribution in [-0.4, -0.2) is 21.0 Å². The quantitative estimate of drug-likeness (QED) is 0.872. The second-order valence-corrected chi connectivity index (χ2v) is 5.85. The van der Waals surface area contributed by atoms with E-state index in [0.717, 1.165) is 30.9 Å². The number of aliphatic hydroxyl groups excluding tert-OH is 1. The number of rotatable bonds is 5. The maximum atomic E-state index is 10.1. The fourth-order valence-electron chi connectivity index (χ4n) is 3.24. The minimum absolute atomic E-state index is 0.132. The van der Waals surface area contributed by atoms with Crippen molar-refractivity contribution in [3.8, 4) is 0 Å². The van der Waals surface area contributed by atoms with E-state index in [1.165, 1.54) is 36.9 Å². The molecule has 3 nitrogen and oxygen atoms in total. The highest BCUT2D eigenvalue weighted by molar-refractivity contribution is 5.24. The Balaban J connectivity index is 1.83. The van der Waals surface area contributed by atoms with Crippen molar-refractivity contribution in [2.45, 2.75) is 64.9 Å². The molecule has 2 rings (SSSR count). The third kappa shape index (κ3) is 3.14. The van der Waals surface area contributed by atoms with Gasteiger partial charge in [-0.05, 0) is 44.6 Å². The monoisotopic (exact) mass is 250 g/mol. The summed E-state index contributed by atoms with van der Waals surface area (Å²) in [6.07, 6.45) is 8.06. The topological polar surface area (TPSA) is 38.0 Å². The molecule has 18 heavy (non-hydrogen) atoms. The summed E-state index contributed by atoms with van der Waals surface area (Å²) in [5.41, 5.74) is 3.67. The predicted molar refractivity (Wildman–Crippen MR) is 73.6 cm³/mol. The number of aryl methyl sites for hydroxylation is 2. The molecule has 102 valence electrons. The third-order valence-corrected chi connectivity index (χ3v) is 4.47. The van der Waals surface area contributed by atoms with Crippen molar-refractivity contribution in [2.24, 2.45) is 13.0 Å². The molecular formula is C15H26N2O. The molecule has 1 aromatic rings. The first kappa shape index (κ1) is 13.6. The molecule has 1 unspecified atom stereocenters. The smallest absolute Gasteiger partial charge is 0.0628 e. The van der Waals surface area contributed by atoms with Crippen LogP contribution in [0.2, 0.25) is 0 Å². The Labute approximate surface area is 110 Å². The van der Waals surface area contributed by atoms with Crippen molar-refractivity contribution >= 4 is 0 Å². The normalized spacial score (nSPS) is 18.4. The molecule has 1 N–H and O–H groups in total. The Morgan fingerprint density at radius 3 is 2.56 bits per heavy atom. The van der Waals surface area contributed by atoms with Crippen LogP contribution >= 0.6 is 0 Å². The van der Waals surface area contributed by atoms with Gasteiger partial charge in [0.25, 0.3) is 0 Å². The molecule has 0 aliphatic heterocycles. The van der Waals surface area contributed by atoms with Crippen molar-refractivity contribution in [2.75, 3.05) is 0 Å². The van der Waals surface area contributed by atoms with Gasteiger partial charge in [0.1, 0.15) is 0 Å². The lowest BCUT2D eigenvalue weighted by Gasteiger charge is -2.15. The van der Waals surface area contributed by atoms with Crippen molar-refractivity contribution in [3.63, 3.8) is 0 Å². The first-order valence-corrected chi connectivity index (χ1v) is 7.25. The maximum Gasteiger partial charge on any atom is 0.0628 e. The molecule has 3 heteroatoms. The van der Waals surface area contributed by atoms with Crippen molar-refractivity contribution in [3.05, 3.63) is 17.0 Å². The Morgan fingerprint density at radius 2 is 2.00 bits per heavy atom. The zero-order valence-electron chi connectivity index (χ0n) is 11.9. The van der Waals surface area contributed by atoms with Crippen LogP contribution < -0.4 is 0 Å². The highest BCUT2D eigenvalue weighted by Gasteiger charge is 2.19. The van der Waals surface area contributed by atoms with E-state index in [2.05, 4.69) is 18.9 Å². The first-order chi connectivity index (χ1) is 8.58. The molecule has 1 saturated carbocycles. The molecule has 1 aliphatic carbocycles. The van der Waals surface area contributed by atoms with Gasteiger partial charge >= 0.3 is 0 Å². The summed E-state index contributed by atoms with van der Waals surface area (Å²) < 4.78 is 1.94. The molecule has 1 fully saturated rings. The Bertz CT molecular complexity index is 391. The van der Waals surface area contributed by atoms with E-state index in [9.17, 15) is 5.11 Å². The summed E-state index contributed by atoms with van der Waals surface area (Å²) in [5.74, 6) is 0.774. The van der Waals surface area contributed by atoms with Crippen LogP contribution in [0.25, 0.3) is 0 Å². The second kappa shape index (κ2) is 5.87. The summed E-state index contributed by atoms with van der Waals surface area (Å²) in [5, 5.41) is 14.6. The third-order valence-electron chi connectivity index (χ3n) is 4.47. The molecule has 0 radical (unpaired) electrons. The average Bonchev–Trinajstić information content (AvgIpc) is 2.88. The van der Waals surface area contributed by atoms with Gasteiger partial charge in [-0.25, -0.2) is 0 Å². The molecule has 0 bridgehead atoms. The Hall–Kier alpha value is -0.830. The van der Waals surface area contributed by atoms with Gasteiger partial charge in [0.15, 0.2) is 0 Å². The van der Waals surface area contributed by atoms with Gasteiger partial charge in [-0.3, -0.25) is 4.68 Å². The maximum absolute atomic E-state index is 10.1. The first-order valence-electron chi connectivity index (χ1n) is 7.25. The van der Waals surface area contributed by atoms with E-state index >= 15 is 0 Å². The van der Waals surface area contributed by atoms with Gasteiger partial charge in [-0.15, -0.1) is 0 Å². The van der Waals surface area contributed by atoms with E-state index < -0.39 is 0 Å². The van der Waals surface area contributed by atoms with Crippen molar-refractivity contribution in [1.82, 2.24) is 9.78 Å². The van der Waals surface area contributed by atoms with Gasteiger partial charge in [-0.1, -0.05) is 25.7 Å². The van der Waals surface area contributed by atoms with Crippen LogP contribution in [0.1, 0.15) is 55.5 Å². The van der Waals surface area contributed by atoms with Crippen molar-refractivity contribution in [1.29, 1.82) is 0 Å². The van der Waals surface area contributed by atoms with Gasteiger partial charge in [-0.2, -0.15) is 5.10 Å². The van der Waals surface area contributed by atoms with Gasteiger partial charge in [0, 0.05) is 12.7 Å². The second-order valence-electron chi connectivity index (χ2n) is 5.85. The molecule has 1 heterocycles. The van der Waals surface area contributed by atoms with E-state index in [1.54, 1.807) is 0 Å². The van der Waals surface area contributed by atoms with Gasteiger partial charge < -0.3 is 5.11 Å². The standard InChI is InChI=1S/C15H26N2O/c1-11-15(12(2)17(3)16-11)9-8-14(18)10-13-6-4-5-7-13/h13-14,18H,4-10H2,1-3H3. The molecule has 0 amide bonds. The highest BCUT2D eigenvalue weighted by Crippen LogP contribution is 2.29. The van der Waals surface area contributed by atoms with Crippen LogP contribution in [0, 0.1) is 19.8 Å². The van der Waals surface area contributed by atoms with Crippen LogP contribution in [0.3, 0.4) is 0 Å². The zero-order valence-corrected chi connectivity index (χ0v) is 11.9. The Kier molecular flexibility index (Phi) is 4.44. The number of aromatic nitrogens is 2. The summed E-state index contributed by atoms with van der Waals surface area (Å²) in [7, 11) is 1.99. The molecule has 0 spiro atoms. The van der Waals surface area contributed by atoms with E-state index in [1.807, 2.05) is 11.7 Å². The van der Waals surface area contributed by atoms with Crippen LogP contribution in [0.4, 0.5) is 0 Å². The number of aliphatic hydroxyl groups is 1. The predicted octanol–water partition coefficient (Wildman–Crippen LogP) is 2.91. The molecule has 1 atom stereocenters. The van der Waals surface area contributed by atoms with Crippen LogP contribution in [-0.2, 0) is 13.5 Å². The minimum atomic E-state index is -0.132. The largest absolute Gasteiger partial charge is 0.393 e. The van der Waals surface area contributed by atoms with Gasteiger partial charge in [0.05, 0.1) is 11.8 Å². The summed E-state index contributed by atoms with van der Waals surface area (Å²) in [6, 6.07) is 0. The fraction of sp³-hybridized carbons (Fsp3) is 0.800. The Morgan fingerprint density at radius 1 is 1.33 bits per heavy atom. The number of nitrogens with zero attached hydrogens (tertiary/aromatic N) is 2. The minimum Gasteiger partial charge on any atom is -0.393 e.